The van der Waals surface area contributed by atoms with E-state index in [0.717, 1.165) is 6.42 Å². The summed E-state index contributed by atoms with van der Waals surface area (Å²) in [5, 5.41) is 2.75. The lowest BCUT2D eigenvalue weighted by Crippen LogP contribution is -2.09. The first-order chi connectivity index (χ1) is 13.2. The van der Waals surface area contributed by atoms with E-state index < -0.39 is 0 Å². The third kappa shape index (κ3) is 33.4. The van der Waals surface area contributed by atoms with Gasteiger partial charge in [-0.15, -0.1) is 0 Å². The fraction of sp³-hybridized carbons (Fsp3) is 0.958. The van der Waals surface area contributed by atoms with Gasteiger partial charge in [0.25, 0.3) is 0 Å². The number of unbranched alkanes of at least 4 members (excludes halogenated alkanes) is 18. The van der Waals surface area contributed by atoms with Gasteiger partial charge in [0.05, 0.1) is 0 Å². The number of amides is 1. The largest absolute Gasteiger partial charge is 0.370 e. The molecule has 3 heteroatoms. The Hall–Kier alpha value is -0.570. The molecule has 27 heavy (non-hydrogen) atoms. The molecule has 164 valence electrons. The first-order valence-electron chi connectivity index (χ1n) is 12.1. The summed E-state index contributed by atoms with van der Waals surface area (Å²) in [4.78, 5) is 10.6. The average Bonchev–Trinajstić information content (AvgIpc) is 2.64. The van der Waals surface area contributed by atoms with Crippen LogP contribution >= 0.6 is 0 Å². The third-order valence-electron chi connectivity index (χ3n) is 5.03. The van der Waals surface area contributed by atoms with Gasteiger partial charge in [-0.2, -0.15) is 0 Å². The zero-order valence-electron chi connectivity index (χ0n) is 19.1. The maximum absolute atomic E-state index is 10.6. The van der Waals surface area contributed by atoms with Gasteiger partial charge in [-0.25, -0.2) is 0 Å². The van der Waals surface area contributed by atoms with Crippen LogP contribution in [0.3, 0.4) is 0 Å². The predicted molar refractivity (Wildman–Crippen MR) is 122 cm³/mol. The topological polar surface area (TPSA) is 55.1 Å². The molecule has 3 nitrogen and oxygen atoms in total. The Bertz CT molecular complexity index is 269. The molecule has 0 aliphatic carbocycles. The van der Waals surface area contributed by atoms with E-state index in [4.69, 9.17) is 5.73 Å². The van der Waals surface area contributed by atoms with Crippen molar-refractivity contribution < 1.29 is 4.79 Å². The van der Waals surface area contributed by atoms with Gasteiger partial charge in [-0.3, -0.25) is 4.79 Å². The van der Waals surface area contributed by atoms with Gasteiger partial charge in [-0.05, 0) is 20.5 Å². The molecule has 0 unspecified atom stereocenters. The number of nitrogens with one attached hydrogen (secondary N) is 1. The van der Waals surface area contributed by atoms with Gasteiger partial charge in [0.1, 0.15) is 0 Å². The Morgan fingerprint density at radius 3 is 1.00 bits per heavy atom. The molecule has 0 aromatic carbocycles. The van der Waals surface area contributed by atoms with E-state index in [1.807, 2.05) is 14.1 Å². The van der Waals surface area contributed by atoms with Gasteiger partial charge in [0, 0.05) is 6.42 Å². The number of primary amides is 1. The fourth-order valence-electron chi connectivity index (χ4n) is 3.38. The van der Waals surface area contributed by atoms with Crippen molar-refractivity contribution in [3.8, 4) is 0 Å². The van der Waals surface area contributed by atoms with Crippen molar-refractivity contribution in [1.82, 2.24) is 5.32 Å². The number of hydrogen-bond donors (Lipinski definition) is 2. The van der Waals surface area contributed by atoms with Gasteiger partial charge in [0.2, 0.25) is 5.91 Å². The number of nitrogens with two attached hydrogens (primary N) is 1. The van der Waals surface area contributed by atoms with E-state index in [9.17, 15) is 4.79 Å². The van der Waals surface area contributed by atoms with Crippen molar-refractivity contribution in [3.63, 3.8) is 0 Å². The molecule has 0 rings (SSSR count). The van der Waals surface area contributed by atoms with Gasteiger partial charge < -0.3 is 11.1 Å². The zero-order chi connectivity index (χ0) is 20.4. The van der Waals surface area contributed by atoms with Crippen LogP contribution in [0.4, 0.5) is 0 Å². The Morgan fingerprint density at radius 2 is 0.778 bits per heavy atom. The van der Waals surface area contributed by atoms with E-state index in [0.29, 0.717) is 6.42 Å². The summed E-state index contributed by atoms with van der Waals surface area (Å²) < 4.78 is 0. The second-order valence-electron chi connectivity index (χ2n) is 8.08. The molecule has 0 radical (unpaired) electrons. The molecule has 0 atom stereocenters. The van der Waals surface area contributed by atoms with Crippen molar-refractivity contribution in [2.45, 2.75) is 135 Å². The maximum atomic E-state index is 10.6. The molecular formula is C24H52N2O. The van der Waals surface area contributed by atoms with E-state index in [1.54, 1.807) is 0 Å². The Labute approximate surface area is 171 Å². The lowest BCUT2D eigenvalue weighted by Gasteiger charge is -2.03. The summed E-state index contributed by atoms with van der Waals surface area (Å²) in [7, 11) is 3.75. The normalized spacial score (nSPS) is 10.5. The quantitative estimate of drug-likeness (QED) is 0.219. The van der Waals surface area contributed by atoms with Gasteiger partial charge in [-0.1, -0.05) is 122 Å². The molecule has 0 aliphatic rings. The average molecular weight is 385 g/mol. The first-order valence-corrected chi connectivity index (χ1v) is 12.1. The molecule has 0 spiro atoms. The number of hydrogen-bond acceptors (Lipinski definition) is 2. The molecular weight excluding hydrogens is 332 g/mol. The first kappa shape index (κ1) is 28.6. The van der Waals surface area contributed by atoms with Crippen molar-refractivity contribution in [1.29, 1.82) is 0 Å². The van der Waals surface area contributed by atoms with Crippen LogP contribution in [0.2, 0.25) is 0 Å². The van der Waals surface area contributed by atoms with E-state index in [1.165, 1.54) is 116 Å². The van der Waals surface area contributed by atoms with Crippen LogP contribution in [-0.2, 0) is 4.79 Å². The van der Waals surface area contributed by atoms with Crippen molar-refractivity contribution in [2.75, 3.05) is 14.1 Å². The molecule has 0 saturated carbocycles. The standard InChI is InChI=1S/C22H45NO.C2H7N/c1-2-3-4-5-6-7-8-9-10-11-12-13-14-15-16-17-18-19-20-21-22(23)24;1-3-2/h2-21H2,1H3,(H2,23,24);3H,1-2H3. The second kappa shape index (κ2) is 27.6. The number of carbonyl (C=O) groups is 1. The van der Waals surface area contributed by atoms with Gasteiger partial charge >= 0.3 is 0 Å². The van der Waals surface area contributed by atoms with E-state index in [-0.39, 0.29) is 5.91 Å². The van der Waals surface area contributed by atoms with Crippen molar-refractivity contribution in [3.05, 3.63) is 0 Å². The molecule has 1 amide bonds. The fourth-order valence-corrected chi connectivity index (χ4v) is 3.38. The predicted octanol–water partition coefficient (Wildman–Crippen LogP) is 7.13. The third-order valence-corrected chi connectivity index (χ3v) is 5.03. The van der Waals surface area contributed by atoms with Crippen LogP contribution in [0.5, 0.6) is 0 Å². The van der Waals surface area contributed by atoms with Crippen molar-refractivity contribution in [2.24, 2.45) is 5.73 Å². The minimum atomic E-state index is -0.151. The van der Waals surface area contributed by atoms with Crippen LogP contribution in [0.25, 0.3) is 0 Å². The highest BCUT2D eigenvalue weighted by atomic mass is 16.1. The highest BCUT2D eigenvalue weighted by molar-refractivity contribution is 5.73. The Balaban J connectivity index is 0. The summed E-state index contributed by atoms with van der Waals surface area (Å²) >= 11 is 0. The van der Waals surface area contributed by atoms with E-state index >= 15 is 0 Å². The lowest BCUT2D eigenvalue weighted by molar-refractivity contribution is -0.118. The Kier molecular flexibility index (Phi) is 29.3. The zero-order valence-corrected chi connectivity index (χ0v) is 19.1. The van der Waals surface area contributed by atoms with Crippen LogP contribution < -0.4 is 11.1 Å². The number of rotatable bonds is 20. The summed E-state index contributed by atoms with van der Waals surface area (Å²) in [6, 6.07) is 0. The van der Waals surface area contributed by atoms with Crippen LogP contribution in [0, 0.1) is 0 Å². The lowest BCUT2D eigenvalue weighted by atomic mass is 10.0. The molecule has 0 saturated heterocycles. The summed E-state index contributed by atoms with van der Waals surface area (Å²) in [5.41, 5.74) is 5.13. The van der Waals surface area contributed by atoms with E-state index in [2.05, 4.69) is 12.2 Å². The molecule has 0 bridgehead atoms. The maximum Gasteiger partial charge on any atom is 0.217 e. The monoisotopic (exact) mass is 384 g/mol. The van der Waals surface area contributed by atoms with Crippen LogP contribution in [0.1, 0.15) is 135 Å². The highest BCUT2D eigenvalue weighted by Gasteiger charge is 1.96. The molecule has 0 aliphatic heterocycles. The molecule has 3 N–H and O–H groups in total. The van der Waals surface area contributed by atoms with Crippen molar-refractivity contribution >= 4 is 5.91 Å². The minimum Gasteiger partial charge on any atom is -0.370 e. The highest BCUT2D eigenvalue weighted by Crippen LogP contribution is 2.14. The van der Waals surface area contributed by atoms with Crippen LogP contribution in [0.15, 0.2) is 0 Å². The molecule has 0 heterocycles. The summed E-state index contributed by atoms with van der Waals surface area (Å²) in [5.74, 6) is -0.151. The molecule has 0 fully saturated rings. The van der Waals surface area contributed by atoms with Crippen LogP contribution in [-0.4, -0.2) is 20.0 Å². The minimum absolute atomic E-state index is 0.151. The summed E-state index contributed by atoms with van der Waals surface area (Å²) in [6.07, 6.45) is 26.8. The van der Waals surface area contributed by atoms with Gasteiger partial charge in [0.15, 0.2) is 0 Å². The smallest absolute Gasteiger partial charge is 0.217 e. The Morgan fingerprint density at radius 1 is 0.556 bits per heavy atom. The molecule has 0 aromatic heterocycles. The number of carbonyl (C=O) groups excluding carboxylic acids is 1. The molecule has 0 aromatic rings. The summed E-state index contributed by atoms with van der Waals surface area (Å²) in [6.45, 7) is 2.29. The SMILES string of the molecule is CCCCCCCCCCCCCCCCCCCCCC(N)=O.CNC. The second-order valence-corrected chi connectivity index (χ2v) is 8.08.